The van der Waals surface area contributed by atoms with E-state index in [1.807, 2.05) is 36.4 Å². The molecule has 1 heterocycles. The molecule has 29 heavy (non-hydrogen) atoms. The maximum atomic E-state index is 13.1. The fourth-order valence-corrected chi connectivity index (χ4v) is 3.61. The molecule has 0 bridgehead atoms. The molecule has 5 nitrogen and oxygen atoms in total. The highest BCUT2D eigenvalue weighted by molar-refractivity contribution is 6.51. The van der Waals surface area contributed by atoms with Gasteiger partial charge >= 0.3 is 0 Å². The van der Waals surface area contributed by atoms with Gasteiger partial charge in [0, 0.05) is 5.56 Å². The molecule has 0 aromatic heterocycles. The molecule has 1 fully saturated rings. The second-order valence-electron chi connectivity index (χ2n) is 6.62. The third-order valence-corrected chi connectivity index (χ3v) is 4.95. The zero-order valence-corrected chi connectivity index (χ0v) is 15.8. The summed E-state index contributed by atoms with van der Waals surface area (Å²) in [5.41, 5.74) is 1.72. The van der Waals surface area contributed by atoms with Crippen LogP contribution in [0.4, 0.5) is 5.69 Å². The number of benzene rings is 3. The Labute approximate surface area is 168 Å². The summed E-state index contributed by atoms with van der Waals surface area (Å²) < 4.78 is 5.42. The monoisotopic (exact) mass is 385 g/mol. The van der Waals surface area contributed by atoms with Gasteiger partial charge in [-0.1, -0.05) is 72.8 Å². The molecule has 144 valence electrons. The summed E-state index contributed by atoms with van der Waals surface area (Å²) in [7, 11) is 1.51. The molecule has 0 aliphatic carbocycles. The summed E-state index contributed by atoms with van der Waals surface area (Å²) in [6.07, 6.45) is 0. The van der Waals surface area contributed by atoms with Crippen LogP contribution < -0.4 is 9.64 Å². The third kappa shape index (κ3) is 3.17. The maximum Gasteiger partial charge on any atom is 0.300 e. The van der Waals surface area contributed by atoms with E-state index in [0.29, 0.717) is 17.0 Å². The maximum absolute atomic E-state index is 13.1. The predicted molar refractivity (Wildman–Crippen MR) is 111 cm³/mol. The molecule has 1 aliphatic heterocycles. The minimum Gasteiger partial charge on any atom is -0.507 e. The van der Waals surface area contributed by atoms with E-state index in [1.54, 1.807) is 48.5 Å². The lowest BCUT2D eigenvalue weighted by Gasteiger charge is -2.26. The number of ether oxygens (including phenoxy) is 1. The Bertz CT molecular complexity index is 1090. The first-order valence-electron chi connectivity index (χ1n) is 9.18. The number of Topliss-reactive ketones (excluding diaryl/α,β-unsaturated/α-hetero) is 1. The van der Waals surface area contributed by atoms with Crippen molar-refractivity contribution in [3.8, 4) is 5.75 Å². The number of nitrogens with zero attached hydrogens (tertiary/aromatic N) is 1. The molecule has 0 radical (unpaired) electrons. The van der Waals surface area contributed by atoms with Crippen molar-refractivity contribution in [2.24, 2.45) is 0 Å². The normalized spacial score (nSPS) is 18.1. The fourth-order valence-electron chi connectivity index (χ4n) is 3.61. The van der Waals surface area contributed by atoms with Gasteiger partial charge in [-0.05, 0) is 17.7 Å². The lowest BCUT2D eigenvalue weighted by atomic mass is 9.95. The Balaban J connectivity index is 1.97. The van der Waals surface area contributed by atoms with Crippen LogP contribution in [0.25, 0.3) is 5.76 Å². The van der Waals surface area contributed by atoms with Crippen LogP contribution in [0.1, 0.15) is 17.2 Å². The van der Waals surface area contributed by atoms with Gasteiger partial charge in [-0.15, -0.1) is 0 Å². The third-order valence-electron chi connectivity index (χ3n) is 4.95. The Morgan fingerprint density at radius 1 is 0.862 bits per heavy atom. The topological polar surface area (TPSA) is 66.8 Å². The average molecular weight is 385 g/mol. The van der Waals surface area contributed by atoms with Crippen LogP contribution in [-0.2, 0) is 9.59 Å². The van der Waals surface area contributed by atoms with Crippen LogP contribution in [0.2, 0.25) is 0 Å². The molecule has 0 saturated carbocycles. The molecule has 5 heteroatoms. The summed E-state index contributed by atoms with van der Waals surface area (Å²) in [5.74, 6) is -1.17. The van der Waals surface area contributed by atoms with Crippen molar-refractivity contribution in [1.29, 1.82) is 0 Å². The summed E-state index contributed by atoms with van der Waals surface area (Å²) in [6, 6.07) is 24.2. The number of aliphatic hydroxyl groups is 1. The number of rotatable bonds is 4. The lowest BCUT2D eigenvalue weighted by Crippen LogP contribution is -2.29. The Hall–Kier alpha value is -3.86. The van der Waals surface area contributed by atoms with E-state index in [4.69, 9.17) is 4.74 Å². The largest absolute Gasteiger partial charge is 0.507 e. The Kier molecular flexibility index (Phi) is 4.87. The van der Waals surface area contributed by atoms with Gasteiger partial charge in [0.15, 0.2) is 0 Å². The molecule has 3 aromatic rings. The summed E-state index contributed by atoms with van der Waals surface area (Å²) in [4.78, 5) is 27.5. The van der Waals surface area contributed by atoms with E-state index >= 15 is 0 Å². The van der Waals surface area contributed by atoms with Crippen molar-refractivity contribution in [2.75, 3.05) is 12.0 Å². The van der Waals surface area contributed by atoms with E-state index in [2.05, 4.69) is 0 Å². The Morgan fingerprint density at radius 3 is 2.10 bits per heavy atom. The standard InChI is InChI=1S/C24H19NO4/c1-29-19-15-9-8-14-18(19)25-21(16-10-4-2-5-11-16)20(23(27)24(25)28)22(26)17-12-6-3-7-13-17/h2-15,21,26H,1H3/b22-20+. The predicted octanol–water partition coefficient (Wildman–Crippen LogP) is 4.32. The second kappa shape index (κ2) is 7.64. The van der Waals surface area contributed by atoms with E-state index in [9.17, 15) is 14.7 Å². The van der Waals surface area contributed by atoms with Gasteiger partial charge in [-0.3, -0.25) is 14.5 Å². The second-order valence-corrected chi connectivity index (χ2v) is 6.62. The number of amides is 1. The quantitative estimate of drug-likeness (QED) is 0.413. The summed E-state index contributed by atoms with van der Waals surface area (Å²) in [6.45, 7) is 0. The van der Waals surface area contributed by atoms with Crippen molar-refractivity contribution in [3.63, 3.8) is 0 Å². The molecular weight excluding hydrogens is 366 g/mol. The van der Waals surface area contributed by atoms with Gasteiger partial charge in [0.25, 0.3) is 11.7 Å². The number of hydrogen-bond acceptors (Lipinski definition) is 4. The molecule has 1 aliphatic rings. The van der Waals surface area contributed by atoms with Crippen LogP contribution in [0.15, 0.2) is 90.5 Å². The highest BCUT2D eigenvalue weighted by atomic mass is 16.5. The number of anilines is 1. The molecule has 1 amide bonds. The van der Waals surface area contributed by atoms with Gasteiger partial charge in [0.1, 0.15) is 11.5 Å². The van der Waals surface area contributed by atoms with E-state index in [0.717, 1.165) is 5.56 Å². The van der Waals surface area contributed by atoms with E-state index < -0.39 is 17.7 Å². The molecule has 4 rings (SSSR count). The van der Waals surface area contributed by atoms with Crippen molar-refractivity contribution in [3.05, 3.63) is 102 Å². The zero-order chi connectivity index (χ0) is 20.4. The molecular formula is C24H19NO4. The summed E-state index contributed by atoms with van der Waals surface area (Å²) in [5, 5.41) is 11.0. The SMILES string of the molecule is COc1ccccc1N1C(=O)C(=O)/C(=C(/O)c2ccccc2)C1c1ccccc1. The molecule has 3 aromatic carbocycles. The van der Waals surface area contributed by atoms with Crippen LogP contribution in [0.5, 0.6) is 5.75 Å². The Morgan fingerprint density at radius 2 is 1.45 bits per heavy atom. The summed E-state index contributed by atoms with van der Waals surface area (Å²) >= 11 is 0. The zero-order valence-electron chi connectivity index (χ0n) is 15.8. The smallest absolute Gasteiger partial charge is 0.300 e. The van der Waals surface area contributed by atoms with Gasteiger partial charge in [0.05, 0.1) is 24.4 Å². The number of para-hydroxylation sites is 2. The highest BCUT2D eigenvalue weighted by Gasteiger charge is 2.47. The van der Waals surface area contributed by atoms with Crippen LogP contribution >= 0.6 is 0 Å². The molecule has 0 spiro atoms. The van der Waals surface area contributed by atoms with Crippen LogP contribution in [0, 0.1) is 0 Å². The van der Waals surface area contributed by atoms with Crippen molar-refractivity contribution in [1.82, 2.24) is 0 Å². The minimum absolute atomic E-state index is 0.0540. The first kappa shape index (κ1) is 18.5. The number of carbonyl (C=O) groups is 2. The highest BCUT2D eigenvalue weighted by Crippen LogP contribution is 2.44. The van der Waals surface area contributed by atoms with E-state index in [-0.39, 0.29) is 11.3 Å². The number of ketones is 1. The minimum atomic E-state index is -0.771. The average Bonchev–Trinajstić information content (AvgIpc) is 3.05. The van der Waals surface area contributed by atoms with Gasteiger partial charge in [-0.2, -0.15) is 0 Å². The van der Waals surface area contributed by atoms with Gasteiger partial charge in [0.2, 0.25) is 0 Å². The number of aliphatic hydroxyl groups excluding tert-OH is 1. The van der Waals surface area contributed by atoms with Crippen LogP contribution in [0.3, 0.4) is 0 Å². The number of carbonyl (C=O) groups excluding carboxylic acids is 2. The van der Waals surface area contributed by atoms with Crippen molar-refractivity contribution >= 4 is 23.1 Å². The fraction of sp³-hybridized carbons (Fsp3) is 0.0833. The van der Waals surface area contributed by atoms with Gasteiger partial charge < -0.3 is 9.84 Å². The van der Waals surface area contributed by atoms with Crippen LogP contribution in [-0.4, -0.2) is 23.9 Å². The lowest BCUT2D eigenvalue weighted by molar-refractivity contribution is -0.132. The van der Waals surface area contributed by atoms with Crippen molar-refractivity contribution < 1.29 is 19.4 Å². The molecule has 1 saturated heterocycles. The van der Waals surface area contributed by atoms with Crippen molar-refractivity contribution in [2.45, 2.75) is 6.04 Å². The molecule has 1 atom stereocenters. The first-order valence-corrected chi connectivity index (χ1v) is 9.18. The van der Waals surface area contributed by atoms with E-state index in [1.165, 1.54) is 12.0 Å². The first-order chi connectivity index (χ1) is 14.1. The van der Waals surface area contributed by atoms with Gasteiger partial charge in [-0.25, -0.2) is 0 Å². The molecule has 1 unspecified atom stereocenters. The number of methoxy groups -OCH3 is 1. The molecule has 1 N–H and O–H groups in total. The number of hydrogen-bond donors (Lipinski definition) is 1.